The van der Waals surface area contributed by atoms with Crippen LogP contribution in [0.1, 0.15) is 103 Å². The molecule has 1 aromatic rings. The number of hydrogen-bond donors (Lipinski definition) is 3. The molecule has 5 fully saturated rings. The molecule has 6 aliphatic rings. The average molecular weight is 606 g/mol. The summed E-state index contributed by atoms with van der Waals surface area (Å²) in [6, 6.07) is 8.23. The lowest BCUT2D eigenvalue weighted by atomic mass is 9.49. The number of anilines is 1. The van der Waals surface area contributed by atoms with Crippen molar-refractivity contribution in [3.8, 4) is 11.8 Å². The Hall–Kier alpha value is -1.92. The van der Waals surface area contributed by atoms with Crippen LogP contribution in [-0.2, 0) is 18.9 Å². The Bertz CT molecular complexity index is 1330. The highest BCUT2D eigenvalue weighted by Gasteiger charge is 2.64. The Morgan fingerprint density at radius 2 is 1.75 bits per heavy atom. The molecule has 2 saturated heterocycles. The molecule has 4 N–H and O–H groups in total. The van der Waals surface area contributed by atoms with Gasteiger partial charge in [0.2, 0.25) is 0 Å². The molecule has 0 radical (unpaired) electrons. The summed E-state index contributed by atoms with van der Waals surface area (Å²) >= 11 is 0. The van der Waals surface area contributed by atoms with Crippen molar-refractivity contribution in [1.82, 2.24) is 0 Å². The molecule has 1 unspecified atom stereocenters. The van der Waals surface area contributed by atoms with Crippen molar-refractivity contribution >= 4 is 5.69 Å². The highest BCUT2D eigenvalue weighted by Crippen LogP contribution is 2.68. The zero-order valence-electron chi connectivity index (χ0n) is 26.8. The number of benzene rings is 1. The van der Waals surface area contributed by atoms with Gasteiger partial charge in [0.15, 0.2) is 12.1 Å². The average Bonchev–Trinajstić information content (AvgIpc) is 3.27. The van der Waals surface area contributed by atoms with Gasteiger partial charge in [-0.3, -0.25) is 0 Å². The first-order valence-corrected chi connectivity index (χ1v) is 17.0. The van der Waals surface area contributed by atoms with E-state index in [-0.39, 0.29) is 30.1 Å². The van der Waals surface area contributed by atoms with Crippen molar-refractivity contribution in [3.63, 3.8) is 0 Å². The van der Waals surface area contributed by atoms with Crippen molar-refractivity contribution < 1.29 is 29.2 Å². The number of allylic oxidation sites excluding steroid dienone is 1. The van der Waals surface area contributed by atoms with Gasteiger partial charge in [-0.25, -0.2) is 0 Å². The molecule has 7 atom stereocenters. The molecular weight excluding hydrogens is 554 g/mol. The third kappa shape index (κ3) is 5.24. The first-order valence-electron chi connectivity index (χ1n) is 17.0. The van der Waals surface area contributed by atoms with Crippen LogP contribution in [0, 0.1) is 34.5 Å². The minimum atomic E-state index is -1.10. The minimum absolute atomic E-state index is 0.0176. The summed E-state index contributed by atoms with van der Waals surface area (Å²) in [7, 11) is 0. The number of nitrogens with two attached hydrogens (primary N) is 1. The van der Waals surface area contributed by atoms with Crippen molar-refractivity contribution in [1.29, 1.82) is 0 Å². The molecule has 1 aromatic carbocycles. The van der Waals surface area contributed by atoms with Crippen LogP contribution in [0.2, 0.25) is 0 Å². The smallest absolute Gasteiger partial charge is 0.171 e. The monoisotopic (exact) mass is 605 g/mol. The van der Waals surface area contributed by atoms with Crippen LogP contribution in [0.3, 0.4) is 0 Å². The molecule has 0 aromatic heterocycles. The highest BCUT2D eigenvalue weighted by molar-refractivity contribution is 5.48. The summed E-state index contributed by atoms with van der Waals surface area (Å²) in [5, 5.41) is 24.7. The maximum Gasteiger partial charge on any atom is 0.171 e. The Balaban J connectivity index is 1.21. The fraction of sp³-hybridized carbons (Fsp3) is 0.730. The summed E-state index contributed by atoms with van der Waals surface area (Å²) in [6.45, 7) is 8.88. The number of aliphatic hydroxyl groups is 2. The van der Waals surface area contributed by atoms with Gasteiger partial charge in [0.1, 0.15) is 12.2 Å². The number of nitrogen functional groups attached to an aromatic ring is 1. The molecular formula is C37H51NO6. The van der Waals surface area contributed by atoms with E-state index in [4.69, 9.17) is 24.7 Å². The Morgan fingerprint density at radius 3 is 2.48 bits per heavy atom. The SMILES string of the molecule is CC1(C)COC2(CCC3=C4[C@@H](CC[C@@]3(O)C2)[C@@H]2CC[C@@](O)(C#CCOC3CCCCO3)[C@@]2(C)C[C@@H]4c2ccc(N)cc2)OC1. The van der Waals surface area contributed by atoms with E-state index in [1.165, 1.54) is 16.7 Å². The summed E-state index contributed by atoms with van der Waals surface area (Å²) in [6.07, 6.45) is 8.84. The van der Waals surface area contributed by atoms with Gasteiger partial charge < -0.3 is 34.9 Å². The van der Waals surface area contributed by atoms with Crippen LogP contribution < -0.4 is 5.73 Å². The van der Waals surface area contributed by atoms with Gasteiger partial charge in [0.05, 0.1) is 18.8 Å². The minimum Gasteiger partial charge on any atom is -0.399 e. The topological polar surface area (TPSA) is 103 Å². The van der Waals surface area contributed by atoms with Crippen LogP contribution in [0.5, 0.6) is 0 Å². The van der Waals surface area contributed by atoms with Gasteiger partial charge in [-0.2, -0.15) is 0 Å². The molecule has 240 valence electrons. The summed E-state index contributed by atoms with van der Waals surface area (Å²) in [5.74, 6) is 6.47. The van der Waals surface area contributed by atoms with Crippen LogP contribution in [0.15, 0.2) is 35.4 Å². The van der Waals surface area contributed by atoms with Crippen LogP contribution >= 0.6 is 0 Å². The van der Waals surface area contributed by atoms with Gasteiger partial charge >= 0.3 is 0 Å². The second-order valence-electron chi connectivity index (χ2n) is 15.7. The summed E-state index contributed by atoms with van der Waals surface area (Å²) in [5.41, 5.74) is 8.20. The number of fused-ring (bicyclic) bond motifs is 4. The molecule has 7 nitrogen and oxygen atoms in total. The summed E-state index contributed by atoms with van der Waals surface area (Å²) in [4.78, 5) is 0. The van der Waals surface area contributed by atoms with E-state index in [0.717, 1.165) is 63.7 Å². The van der Waals surface area contributed by atoms with E-state index in [9.17, 15) is 10.2 Å². The van der Waals surface area contributed by atoms with Gasteiger partial charge in [-0.15, -0.1) is 0 Å². The second kappa shape index (κ2) is 11.1. The lowest BCUT2D eigenvalue weighted by molar-refractivity contribution is -0.322. The van der Waals surface area contributed by atoms with E-state index >= 15 is 0 Å². The molecule has 7 heteroatoms. The first kappa shape index (κ1) is 30.7. The maximum absolute atomic E-state index is 12.4. The Morgan fingerprint density at radius 1 is 0.977 bits per heavy atom. The van der Waals surface area contributed by atoms with Crippen LogP contribution in [0.25, 0.3) is 0 Å². The van der Waals surface area contributed by atoms with E-state index in [0.29, 0.717) is 38.4 Å². The normalized spacial score (nSPS) is 40.8. The molecule has 7 rings (SSSR count). The van der Waals surface area contributed by atoms with Crippen molar-refractivity contribution in [2.24, 2.45) is 22.7 Å². The Kier molecular flexibility index (Phi) is 7.75. The lowest BCUT2D eigenvalue weighted by Gasteiger charge is -2.58. The number of ether oxygens (including phenoxy) is 4. The van der Waals surface area contributed by atoms with E-state index in [1.807, 2.05) is 12.1 Å². The third-order valence-corrected chi connectivity index (χ3v) is 12.1. The van der Waals surface area contributed by atoms with Crippen molar-refractivity contribution in [2.45, 2.75) is 121 Å². The van der Waals surface area contributed by atoms with Gasteiger partial charge in [0, 0.05) is 41.9 Å². The standard InChI is InChI=1S/C37H51NO6/c1-33(2)23-43-37(44-24-33)18-14-30-32-27(12-16-35(30,39)22-37)29-13-17-36(40,15-6-20-42-31-7-4-5-19-41-31)34(29,3)21-28(32)25-8-10-26(38)11-9-25/h8-11,27-29,31,39-40H,4-5,7,12-14,16-24,38H2,1-3H3/t27-,28+,29-,31?,34-,35+,36-/m0/s1. The molecule has 2 heterocycles. The molecule has 0 amide bonds. The van der Waals surface area contributed by atoms with E-state index in [2.05, 4.69) is 44.7 Å². The largest absolute Gasteiger partial charge is 0.399 e. The van der Waals surface area contributed by atoms with Gasteiger partial charge in [-0.1, -0.05) is 50.3 Å². The number of hydrogen-bond acceptors (Lipinski definition) is 7. The molecule has 2 aliphatic heterocycles. The third-order valence-electron chi connectivity index (χ3n) is 12.1. The molecule has 1 spiro atoms. The fourth-order valence-electron chi connectivity index (χ4n) is 9.65. The predicted octanol–water partition coefficient (Wildman–Crippen LogP) is 5.84. The first-order chi connectivity index (χ1) is 21.0. The summed E-state index contributed by atoms with van der Waals surface area (Å²) < 4.78 is 24.4. The van der Waals surface area contributed by atoms with Crippen LogP contribution in [-0.4, -0.2) is 59.9 Å². The zero-order valence-corrected chi connectivity index (χ0v) is 26.8. The number of rotatable bonds is 3. The molecule has 4 aliphatic carbocycles. The van der Waals surface area contributed by atoms with Crippen molar-refractivity contribution in [3.05, 3.63) is 41.0 Å². The lowest BCUT2D eigenvalue weighted by Crippen LogP contribution is -2.58. The fourth-order valence-corrected chi connectivity index (χ4v) is 9.65. The molecule has 0 bridgehead atoms. The Labute approximate surface area is 262 Å². The van der Waals surface area contributed by atoms with Crippen LogP contribution in [0.4, 0.5) is 5.69 Å². The highest BCUT2D eigenvalue weighted by atomic mass is 16.7. The molecule has 3 saturated carbocycles. The quantitative estimate of drug-likeness (QED) is 0.226. The van der Waals surface area contributed by atoms with Gasteiger partial charge in [-0.05, 0) is 92.9 Å². The van der Waals surface area contributed by atoms with E-state index < -0.39 is 22.4 Å². The van der Waals surface area contributed by atoms with Gasteiger partial charge in [0.25, 0.3) is 0 Å². The maximum atomic E-state index is 12.4. The molecule has 44 heavy (non-hydrogen) atoms. The predicted molar refractivity (Wildman–Crippen MR) is 168 cm³/mol. The zero-order chi connectivity index (χ0) is 30.8. The second-order valence-corrected chi connectivity index (χ2v) is 15.7. The van der Waals surface area contributed by atoms with Crippen molar-refractivity contribution in [2.75, 3.05) is 32.2 Å². The van der Waals surface area contributed by atoms with E-state index in [1.54, 1.807) is 0 Å².